The summed E-state index contributed by atoms with van der Waals surface area (Å²) in [5.41, 5.74) is 12.1. The van der Waals surface area contributed by atoms with Gasteiger partial charge in [0.25, 0.3) is 0 Å². The van der Waals surface area contributed by atoms with Crippen molar-refractivity contribution in [2.24, 2.45) is 5.92 Å². The van der Waals surface area contributed by atoms with E-state index in [0.29, 0.717) is 11.8 Å². The van der Waals surface area contributed by atoms with Gasteiger partial charge in [-0.05, 0) is 72.6 Å². The van der Waals surface area contributed by atoms with Crippen molar-refractivity contribution >= 4 is 10.2 Å². The molecular weight excluding hydrogens is 352 g/mol. The minimum atomic E-state index is 0.187. The molecule has 0 saturated heterocycles. The Kier molecular flexibility index (Phi) is 4.83. The average Bonchev–Trinajstić information content (AvgIpc) is 2.98. The fourth-order valence-electron chi connectivity index (χ4n) is 5.41. The highest BCUT2D eigenvalue weighted by atomic mass is 28.1. The van der Waals surface area contributed by atoms with Gasteiger partial charge in [-0.1, -0.05) is 78.8 Å². The fourth-order valence-corrected chi connectivity index (χ4v) is 6.14. The van der Waals surface area contributed by atoms with E-state index in [1.165, 1.54) is 33.4 Å². The number of hydrogen-bond acceptors (Lipinski definition) is 0. The van der Waals surface area contributed by atoms with Gasteiger partial charge in [0.2, 0.25) is 0 Å². The van der Waals surface area contributed by atoms with E-state index in [-0.39, 0.29) is 5.04 Å². The maximum atomic E-state index is 2.47. The van der Waals surface area contributed by atoms with Crippen LogP contribution in [-0.2, 0) is 0 Å². The Hall–Kier alpha value is -2.12. The molecule has 0 amide bonds. The third kappa shape index (κ3) is 2.71. The molecule has 3 aliphatic carbocycles. The Morgan fingerprint density at radius 1 is 0.929 bits per heavy atom. The standard InChI is InChI=1S/C27H31Si/c1-6-27(28)20(5)18(3)19(4)26(27)25-17(2)16-24-22(14-10-11-15-23(24)25)21-12-8-7-9-13-21/h7-16,22,25H,6,28H2,1-5H3. The van der Waals surface area contributed by atoms with Gasteiger partial charge >= 0.3 is 0 Å². The number of benzene rings is 1. The van der Waals surface area contributed by atoms with Gasteiger partial charge in [0.05, 0.1) is 0 Å². The van der Waals surface area contributed by atoms with Crippen LogP contribution in [0.15, 0.2) is 99.7 Å². The maximum absolute atomic E-state index is 2.47. The Balaban J connectivity index is 1.87. The molecule has 0 nitrogen and oxygen atoms in total. The molecule has 0 aliphatic heterocycles. The predicted molar refractivity (Wildman–Crippen MR) is 124 cm³/mol. The summed E-state index contributed by atoms with van der Waals surface area (Å²) in [4.78, 5) is 0. The van der Waals surface area contributed by atoms with E-state index >= 15 is 0 Å². The van der Waals surface area contributed by atoms with Gasteiger partial charge in [-0.2, -0.15) is 0 Å². The molecule has 0 N–H and O–H groups in total. The first-order chi connectivity index (χ1) is 13.4. The lowest BCUT2D eigenvalue weighted by Crippen LogP contribution is -2.21. The monoisotopic (exact) mass is 383 g/mol. The molecule has 0 spiro atoms. The van der Waals surface area contributed by atoms with Gasteiger partial charge in [-0.25, -0.2) is 0 Å². The van der Waals surface area contributed by atoms with Gasteiger partial charge in [0, 0.05) is 22.1 Å². The van der Waals surface area contributed by atoms with E-state index in [4.69, 9.17) is 0 Å². The summed E-state index contributed by atoms with van der Waals surface area (Å²) < 4.78 is 0. The maximum Gasteiger partial charge on any atom is 0.0275 e. The summed E-state index contributed by atoms with van der Waals surface area (Å²) in [6.45, 7) is 11.7. The van der Waals surface area contributed by atoms with Crippen molar-refractivity contribution in [2.75, 3.05) is 0 Å². The Bertz CT molecular complexity index is 994. The van der Waals surface area contributed by atoms with Crippen LogP contribution >= 0.6 is 0 Å². The van der Waals surface area contributed by atoms with Crippen molar-refractivity contribution < 1.29 is 0 Å². The molecule has 3 atom stereocenters. The summed E-state index contributed by atoms with van der Waals surface area (Å²) in [7, 11) is 2.20. The minimum absolute atomic E-state index is 0.187. The zero-order chi connectivity index (χ0) is 20.1. The van der Waals surface area contributed by atoms with E-state index in [1.807, 2.05) is 0 Å². The third-order valence-corrected chi connectivity index (χ3v) is 8.73. The lowest BCUT2D eigenvalue weighted by atomic mass is 9.77. The first-order valence-corrected chi connectivity index (χ1v) is 11.2. The van der Waals surface area contributed by atoms with Gasteiger partial charge in [0.1, 0.15) is 0 Å². The molecule has 28 heavy (non-hydrogen) atoms. The molecule has 4 rings (SSSR count). The Labute approximate surface area is 173 Å². The highest BCUT2D eigenvalue weighted by molar-refractivity contribution is 6.21. The first-order valence-electron chi connectivity index (χ1n) is 10.5. The second kappa shape index (κ2) is 7.04. The van der Waals surface area contributed by atoms with Crippen LogP contribution in [0, 0.1) is 5.92 Å². The number of allylic oxidation sites excluding steroid dienone is 12. The predicted octanol–water partition coefficient (Wildman–Crippen LogP) is 6.64. The van der Waals surface area contributed by atoms with Crippen molar-refractivity contribution in [3.8, 4) is 0 Å². The molecule has 0 saturated carbocycles. The molecule has 0 fully saturated rings. The largest absolute Gasteiger partial charge is 0.0726 e. The molecule has 1 heteroatoms. The molecule has 0 heterocycles. The second-order valence-electron chi connectivity index (χ2n) is 8.59. The van der Waals surface area contributed by atoms with Crippen LogP contribution in [0.3, 0.4) is 0 Å². The molecular formula is C27H31Si. The van der Waals surface area contributed by atoms with E-state index in [1.54, 1.807) is 11.1 Å². The topological polar surface area (TPSA) is 0 Å². The molecule has 1 radical (unpaired) electrons. The van der Waals surface area contributed by atoms with E-state index in [0.717, 1.165) is 6.42 Å². The van der Waals surface area contributed by atoms with Crippen LogP contribution in [0.4, 0.5) is 0 Å². The van der Waals surface area contributed by atoms with Crippen LogP contribution < -0.4 is 0 Å². The third-order valence-electron chi connectivity index (χ3n) is 7.32. The van der Waals surface area contributed by atoms with Crippen LogP contribution in [0.5, 0.6) is 0 Å². The Morgan fingerprint density at radius 2 is 1.64 bits per heavy atom. The smallest absolute Gasteiger partial charge is 0.0275 e. The lowest BCUT2D eigenvalue weighted by Gasteiger charge is -2.35. The van der Waals surface area contributed by atoms with Gasteiger partial charge in [0.15, 0.2) is 0 Å². The highest BCUT2D eigenvalue weighted by Gasteiger charge is 2.44. The van der Waals surface area contributed by atoms with E-state index < -0.39 is 0 Å². The van der Waals surface area contributed by atoms with Gasteiger partial charge < -0.3 is 0 Å². The molecule has 3 aliphatic rings. The zero-order valence-electron chi connectivity index (χ0n) is 17.8. The molecule has 3 unspecified atom stereocenters. The summed E-state index contributed by atoms with van der Waals surface area (Å²) in [6.07, 6.45) is 12.8. The van der Waals surface area contributed by atoms with E-state index in [9.17, 15) is 0 Å². The van der Waals surface area contributed by atoms with Crippen molar-refractivity contribution in [3.63, 3.8) is 0 Å². The molecule has 0 bridgehead atoms. The SMILES string of the molecule is CCC1([SiH2])C(C)=C(C)C(C)=C1C1C(C)=CC2=C1C=CC=CC2c1ccccc1. The van der Waals surface area contributed by atoms with Crippen LogP contribution in [0.1, 0.15) is 52.5 Å². The van der Waals surface area contributed by atoms with E-state index in [2.05, 4.69) is 106 Å². The summed E-state index contributed by atoms with van der Waals surface area (Å²) in [6, 6.07) is 10.9. The number of hydrogen-bond donors (Lipinski definition) is 0. The minimum Gasteiger partial charge on any atom is -0.0726 e. The fraction of sp³-hybridized carbons (Fsp3) is 0.333. The normalized spacial score (nSPS) is 29.6. The number of rotatable bonds is 3. The van der Waals surface area contributed by atoms with Crippen LogP contribution in [0.2, 0.25) is 5.04 Å². The van der Waals surface area contributed by atoms with Gasteiger partial charge in [-0.3, -0.25) is 0 Å². The molecule has 143 valence electrons. The summed E-state index contributed by atoms with van der Waals surface area (Å²) in [5, 5.41) is 0.187. The second-order valence-corrected chi connectivity index (χ2v) is 9.80. The first kappa shape index (κ1) is 19.2. The lowest BCUT2D eigenvalue weighted by molar-refractivity contribution is 0.650. The van der Waals surface area contributed by atoms with Crippen molar-refractivity contribution in [1.29, 1.82) is 0 Å². The Morgan fingerprint density at radius 3 is 2.32 bits per heavy atom. The molecule has 1 aromatic rings. The average molecular weight is 384 g/mol. The zero-order valence-corrected chi connectivity index (χ0v) is 19.3. The molecule has 0 aromatic heterocycles. The summed E-state index contributed by atoms with van der Waals surface area (Å²) in [5.74, 6) is 0.737. The van der Waals surface area contributed by atoms with Crippen LogP contribution in [-0.4, -0.2) is 10.2 Å². The van der Waals surface area contributed by atoms with Crippen molar-refractivity contribution in [1.82, 2.24) is 0 Å². The molecule has 1 aromatic carbocycles. The van der Waals surface area contributed by atoms with Crippen molar-refractivity contribution in [3.05, 3.63) is 105 Å². The highest BCUT2D eigenvalue weighted by Crippen LogP contribution is 2.59. The van der Waals surface area contributed by atoms with Gasteiger partial charge in [-0.15, -0.1) is 0 Å². The summed E-state index contributed by atoms with van der Waals surface area (Å²) >= 11 is 0. The quantitative estimate of drug-likeness (QED) is 0.513. The van der Waals surface area contributed by atoms with Crippen LogP contribution in [0.25, 0.3) is 0 Å². The van der Waals surface area contributed by atoms with Crippen molar-refractivity contribution in [2.45, 2.75) is 52.0 Å².